The Morgan fingerprint density at radius 2 is 2.07 bits per heavy atom. The lowest BCUT2D eigenvalue weighted by atomic mass is 9.98. The quantitative estimate of drug-likeness (QED) is 0.723. The van der Waals surface area contributed by atoms with Crippen molar-refractivity contribution >= 4 is 22.0 Å². The highest BCUT2D eigenvalue weighted by Gasteiger charge is 2.39. The van der Waals surface area contributed by atoms with Crippen molar-refractivity contribution in [2.24, 2.45) is 0 Å². The summed E-state index contributed by atoms with van der Waals surface area (Å²) in [7, 11) is 0. The van der Waals surface area contributed by atoms with Crippen LogP contribution in [-0.2, 0) is 11.2 Å². The van der Waals surface area contributed by atoms with Gasteiger partial charge in [-0.25, -0.2) is 9.48 Å². The molecule has 1 aromatic carbocycles. The van der Waals surface area contributed by atoms with Gasteiger partial charge in [0.15, 0.2) is 0 Å². The van der Waals surface area contributed by atoms with E-state index in [1.165, 1.54) is 0 Å². The maximum absolute atomic E-state index is 12.8. The predicted molar refractivity (Wildman–Crippen MR) is 109 cm³/mol. The van der Waals surface area contributed by atoms with E-state index in [-0.39, 0.29) is 12.1 Å². The zero-order valence-electron chi connectivity index (χ0n) is 16.4. The molecule has 1 aromatic heterocycles. The Balaban J connectivity index is 1.75. The minimum atomic E-state index is -0.534. The molecule has 7 nitrogen and oxygen atoms in total. The summed E-state index contributed by atoms with van der Waals surface area (Å²) < 4.78 is 14.6. The molecule has 0 saturated carbocycles. The molecule has 2 aliphatic heterocycles. The Morgan fingerprint density at radius 3 is 2.79 bits per heavy atom. The van der Waals surface area contributed by atoms with Gasteiger partial charge in [-0.05, 0) is 45.0 Å². The largest absolute Gasteiger partial charge is 0.475 e. The zero-order valence-corrected chi connectivity index (χ0v) is 18.0. The van der Waals surface area contributed by atoms with E-state index in [4.69, 9.17) is 14.6 Å². The molecule has 0 radical (unpaired) electrons. The van der Waals surface area contributed by atoms with Crippen molar-refractivity contribution in [1.82, 2.24) is 20.0 Å². The Bertz CT molecular complexity index is 873. The van der Waals surface area contributed by atoms with Crippen LogP contribution >= 0.6 is 15.9 Å². The van der Waals surface area contributed by atoms with Gasteiger partial charge in [0.1, 0.15) is 12.2 Å². The lowest BCUT2D eigenvalue weighted by Gasteiger charge is -2.37. The standard InChI is InChI=1S/C20H25BrN4O3/c1-20(2,3)28-19(26)24-10-8-15-17-16(24)12-22-9-11-27-18(17)23-25(15)14-6-4-13(21)5-7-14/h4-7,16,22H,8-12H2,1-3H3. The van der Waals surface area contributed by atoms with Crippen LogP contribution in [0, 0.1) is 0 Å². The highest BCUT2D eigenvalue weighted by molar-refractivity contribution is 9.10. The average Bonchev–Trinajstić information content (AvgIpc) is 2.97. The Hall–Kier alpha value is -2.06. The number of ether oxygens (including phenoxy) is 2. The second kappa shape index (κ2) is 7.40. The number of aromatic nitrogens is 2. The Morgan fingerprint density at radius 1 is 1.32 bits per heavy atom. The third-order valence-electron chi connectivity index (χ3n) is 4.84. The van der Waals surface area contributed by atoms with Gasteiger partial charge in [-0.15, -0.1) is 5.10 Å². The zero-order chi connectivity index (χ0) is 19.9. The number of benzene rings is 1. The van der Waals surface area contributed by atoms with Gasteiger partial charge >= 0.3 is 6.09 Å². The number of carbonyl (C=O) groups excluding carboxylic acids is 1. The van der Waals surface area contributed by atoms with Gasteiger partial charge in [-0.1, -0.05) is 15.9 Å². The topological polar surface area (TPSA) is 68.6 Å². The summed E-state index contributed by atoms with van der Waals surface area (Å²) in [6, 6.07) is 7.87. The van der Waals surface area contributed by atoms with Gasteiger partial charge in [-0.3, -0.25) is 4.90 Å². The SMILES string of the molecule is CC(C)(C)OC(=O)N1CCc2c3c(nn2-c2ccc(Br)cc2)OCCNCC31. The van der Waals surface area contributed by atoms with Gasteiger partial charge in [-0.2, -0.15) is 0 Å². The van der Waals surface area contributed by atoms with Crippen LogP contribution in [0.4, 0.5) is 4.79 Å². The summed E-state index contributed by atoms with van der Waals surface area (Å²) in [6.07, 6.45) is 0.394. The van der Waals surface area contributed by atoms with E-state index < -0.39 is 5.60 Å². The lowest BCUT2D eigenvalue weighted by Crippen LogP contribution is -2.47. The van der Waals surface area contributed by atoms with Crippen molar-refractivity contribution in [3.8, 4) is 11.6 Å². The van der Waals surface area contributed by atoms with E-state index in [1.54, 1.807) is 4.90 Å². The molecule has 150 valence electrons. The van der Waals surface area contributed by atoms with Crippen LogP contribution in [0.15, 0.2) is 28.7 Å². The first kappa shape index (κ1) is 19.3. The van der Waals surface area contributed by atoms with Gasteiger partial charge in [0.05, 0.1) is 23.0 Å². The van der Waals surface area contributed by atoms with Crippen molar-refractivity contribution in [2.75, 3.05) is 26.2 Å². The van der Waals surface area contributed by atoms with E-state index in [0.717, 1.165) is 21.4 Å². The summed E-state index contributed by atoms with van der Waals surface area (Å²) in [6.45, 7) is 8.14. The number of nitrogens with one attached hydrogen (secondary N) is 1. The molecule has 0 fully saturated rings. The van der Waals surface area contributed by atoms with E-state index in [0.29, 0.717) is 38.5 Å². The van der Waals surface area contributed by atoms with Crippen LogP contribution in [-0.4, -0.2) is 52.6 Å². The molecular formula is C20H25BrN4O3. The Labute approximate surface area is 173 Å². The van der Waals surface area contributed by atoms with Crippen molar-refractivity contribution in [3.63, 3.8) is 0 Å². The molecule has 8 heteroatoms. The first-order valence-corrected chi connectivity index (χ1v) is 10.3. The van der Waals surface area contributed by atoms with Crippen molar-refractivity contribution in [2.45, 2.75) is 38.8 Å². The van der Waals surface area contributed by atoms with Crippen molar-refractivity contribution < 1.29 is 14.3 Å². The van der Waals surface area contributed by atoms with Gasteiger partial charge in [0.25, 0.3) is 0 Å². The minimum Gasteiger partial charge on any atom is -0.475 e. The van der Waals surface area contributed by atoms with E-state index in [9.17, 15) is 4.79 Å². The monoisotopic (exact) mass is 448 g/mol. The fourth-order valence-corrected chi connectivity index (χ4v) is 3.93. The highest BCUT2D eigenvalue weighted by atomic mass is 79.9. The molecule has 1 N–H and O–H groups in total. The molecule has 4 rings (SSSR count). The number of hydrogen-bond acceptors (Lipinski definition) is 5. The highest BCUT2D eigenvalue weighted by Crippen LogP contribution is 2.38. The summed E-state index contributed by atoms with van der Waals surface area (Å²) >= 11 is 3.48. The van der Waals surface area contributed by atoms with Crippen LogP contribution in [0.5, 0.6) is 5.88 Å². The van der Waals surface area contributed by atoms with Crippen LogP contribution in [0.3, 0.4) is 0 Å². The van der Waals surface area contributed by atoms with Crippen LogP contribution in [0.25, 0.3) is 5.69 Å². The fourth-order valence-electron chi connectivity index (χ4n) is 3.67. The van der Waals surface area contributed by atoms with Gasteiger partial charge < -0.3 is 14.8 Å². The third kappa shape index (κ3) is 3.75. The van der Waals surface area contributed by atoms with E-state index >= 15 is 0 Å². The molecule has 3 heterocycles. The number of nitrogens with zero attached hydrogens (tertiary/aromatic N) is 3. The minimum absolute atomic E-state index is 0.168. The molecule has 2 aromatic rings. The van der Waals surface area contributed by atoms with Gasteiger partial charge in [0.2, 0.25) is 5.88 Å². The van der Waals surface area contributed by atoms with Crippen LogP contribution < -0.4 is 10.1 Å². The number of amides is 1. The number of hydrogen-bond donors (Lipinski definition) is 1. The average molecular weight is 449 g/mol. The van der Waals surface area contributed by atoms with Crippen molar-refractivity contribution in [1.29, 1.82) is 0 Å². The molecule has 1 amide bonds. The normalized spacial score (nSPS) is 19.3. The second-order valence-corrected chi connectivity index (χ2v) is 8.96. The summed E-state index contributed by atoms with van der Waals surface area (Å²) in [5.74, 6) is 0.609. The smallest absolute Gasteiger partial charge is 0.410 e. The summed E-state index contributed by atoms with van der Waals surface area (Å²) in [4.78, 5) is 14.6. The number of carbonyl (C=O) groups is 1. The summed E-state index contributed by atoms with van der Waals surface area (Å²) in [5.41, 5.74) is 2.51. The lowest BCUT2D eigenvalue weighted by molar-refractivity contribution is 0.0133. The molecule has 2 aliphatic rings. The molecule has 0 spiro atoms. The molecule has 1 unspecified atom stereocenters. The van der Waals surface area contributed by atoms with Crippen LogP contribution in [0.2, 0.25) is 0 Å². The molecular weight excluding hydrogens is 424 g/mol. The maximum atomic E-state index is 12.8. The second-order valence-electron chi connectivity index (χ2n) is 8.05. The fraction of sp³-hybridized carbons (Fsp3) is 0.500. The molecule has 0 saturated heterocycles. The summed E-state index contributed by atoms with van der Waals surface area (Å²) in [5, 5.41) is 8.13. The Kier molecular flexibility index (Phi) is 5.09. The molecule has 28 heavy (non-hydrogen) atoms. The maximum Gasteiger partial charge on any atom is 0.410 e. The molecule has 1 atom stereocenters. The third-order valence-corrected chi connectivity index (χ3v) is 5.37. The molecule has 0 aliphatic carbocycles. The van der Waals surface area contributed by atoms with E-state index in [1.807, 2.05) is 49.7 Å². The predicted octanol–water partition coefficient (Wildman–Crippen LogP) is 3.45. The van der Waals surface area contributed by atoms with E-state index in [2.05, 4.69) is 21.2 Å². The van der Waals surface area contributed by atoms with Gasteiger partial charge in [0, 0.05) is 30.5 Å². The number of rotatable bonds is 1. The first-order chi connectivity index (χ1) is 13.3. The molecule has 0 bridgehead atoms. The first-order valence-electron chi connectivity index (χ1n) is 9.54. The number of halogens is 1. The van der Waals surface area contributed by atoms with Crippen molar-refractivity contribution in [3.05, 3.63) is 40.0 Å². The van der Waals surface area contributed by atoms with Crippen LogP contribution in [0.1, 0.15) is 38.1 Å².